The number of nitrogens with two attached hydrogens (primary N) is 1. The monoisotopic (exact) mass is 307 g/mol. The van der Waals surface area contributed by atoms with Gasteiger partial charge in [-0.1, -0.05) is 11.6 Å². The molecule has 0 heterocycles. The van der Waals surface area contributed by atoms with Crippen LogP contribution in [0.15, 0.2) is 47.4 Å². The van der Waals surface area contributed by atoms with Crippen LogP contribution < -0.4 is 10.5 Å². The second-order valence-corrected chi connectivity index (χ2v) is 6.07. The van der Waals surface area contributed by atoms with Gasteiger partial charge in [0.25, 0.3) is 10.0 Å². The molecular formula is C13H10ClN3O2S. The highest BCUT2D eigenvalue weighted by atomic mass is 35.5. The van der Waals surface area contributed by atoms with Crippen LogP contribution in [-0.4, -0.2) is 8.42 Å². The van der Waals surface area contributed by atoms with Crippen molar-refractivity contribution in [3.05, 3.63) is 53.1 Å². The Labute approximate surface area is 121 Å². The first-order valence-electron chi connectivity index (χ1n) is 5.50. The van der Waals surface area contributed by atoms with Gasteiger partial charge in [0, 0.05) is 16.4 Å². The molecule has 0 aliphatic heterocycles. The van der Waals surface area contributed by atoms with E-state index < -0.39 is 10.0 Å². The van der Waals surface area contributed by atoms with Gasteiger partial charge in [0.15, 0.2) is 0 Å². The molecule has 0 bridgehead atoms. The van der Waals surface area contributed by atoms with Crippen molar-refractivity contribution in [1.82, 2.24) is 0 Å². The van der Waals surface area contributed by atoms with Gasteiger partial charge in [-0.15, -0.1) is 0 Å². The van der Waals surface area contributed by atoms with Gasteiger partial charge in [-0.2, -0.15) is 5.26 Å². The third-order valence-electron chi connectivity index (χ3n) is 2.51. The van der Waals surface area contributed by atoms with Gasteiger partial charge in [-0.05, 0) is 42.5 Å². The van der Waals surface area contributed by atoms with Crippen molar-refractivity contribution in [3.63, 3.8) is 0 Å². The van der Waals surface area contributed by atoms with E-state index in [1.54, 1.807) is 12.1 Å². The van der Waals surface area contributed by atoms with Crippen molar-refractivity contribution in [2.24, 2.45) is 0 Å². The van der Waals surface area contributed by atoms with Crippen molar-refractivity contribution in [2.45, 2.75) is 4.90 Å². The normalized spacial score (nSPS) is 10.8. The van der Waals surface area contributed by atoms with E-state index in [0.717, 1.165) is 0 Å². The Morgan fingerprint density at radius 2 is 1.80 bits per heavy atom. The van der Waals surface area contributed by atoms with E-state index in [9.17, 15) is 8.42 Å². The van der Waals surface area contributed by atoms with Crippen molar-refractivity contribution < 1.29 is 8.42 Å². The quantitative estimate of drug-likeness (QED) is 0.852. The summed E-state index contributed by atoms with van der Waals surface area (Å²) in [6.45, 7) is 0. The lowest BCUT2D eigenvalue weighted by molar-refractivity contribution is 0.601. The van der Waals surface area contributed by atoms with E-state index in [4.69, 9.17) is 22.6 Å². The summed E-state index contributed by atoms with van der Waals surface area (Å²) in [5.41, 5.74) is 6.21. The van der Waals surface area contributed by atoms with Crippen LogP contribution in [-0.2, 0) is 10.0 Å². The molecule has 0 spiro atoms. The second-order valence-electron chi connectivity index (χ2n) is 3.98. The van der Waals surface area contributed by atoms with Gasteiger partial charge in [-0.3, -0.25) is 4.72 Å². The number of nitrogens with one attached hydrogen (secondary N) is 1. The van der Waals surface area contributed by atoms with E-state index in [2.05, 4.69) is 4.72 Å². The smallest absolute Gasteiger partial charge is 0.263 e. The molecule has 0 radical (unpaired) electrons. The molecule has 0 aliphatic carbocycles. The summed E-state index contributed by atoms with van der Waals surface area (Å²) in [6.07, 6.45) is 0. The molecule has 5 nitrogen and oxygen atoms in total. The van der Waals surface area contributed by atoms with Crippen molar-refractivity contribution in [2.75, 3.05) is 10.5 Å². The first-order chi connectivity index (χ1) is 9.42. The lowest BCUT2D eigenvalue weighted by Crippen LogP contribution is -2.14. The molecule has 0 unspecified atom stereocenters. The summed E-state index contributed by atoms with van der Waals surface area (Å²) < 4.78 is 26.9. The maximum absolute atomic E-state index is 12.2. The Morgan fingerprint density at radius 3 is 2.40 bits per heavy atom. The second kappa shape index (κ2) is 5.41. The summed E-state index contributed by atoms with van der Waals surface area (Å²) in [5.74, 6) is 0. The average Bonchev–Trinajstić information content (AvgIpc) is 2.40. The zero-order valence-electron chi connectivity index (χ0n) is 10.2. The molecule has 7 heteroatoms. The summed E-state index contributed by atoms with van der Waals surface area (Å²) in [4.78, 5) is -0.121. The fourth-order valence-electron chi connectivity index (χ4n) is 1.60. The van der Waals surface area contributed by atoms with Crippen molar-refractivity contribution >= 4 is 33.0 Å². The fraction of sp³-hybridized carbons (Fsp3) is 0. The van der Waals surface area contributed by atoms with Gasteiger partial charge < -0.3 is 5.73 Å². The zero-order chi connectivity index (χ0) is 14.8. The highest BCUT2D eigenvalue weighted by molar-refractivity contribution is 7.92. The van der Waals surface area contributed by atoms with Gasteiger partial charge in [0.1, 0.15) is 11.0 Å². The van der Waals surface area contributed by atoms with Crippen LogP contribution in [0.25, 0.3) is 0 Å². The highest BCUT2D eigenvalue weighted by Crippen LogP contribution is 2.22. The number of anilines is 2. The molecule has 0 amide bonds. The van der Waals surface area contributed by atoms with Gasteiger partial charge >= 0.3 is 0 Å². The van der Waals surface area contributed by atoms with Crippen LogP contribution in [0.2, 0.25) is 5.02 Å². The molecule has 0 fully saturated rings. The summed E-state index contributed by atoms with van der Waals surface area (Å²) >= 11 is 5.73. The first kappa shape index (κ1) is 14.2. The number of benzene rings is 2. The maximum atomic E-state index is 12.2. The Kier molecular flexibility index (Phi) is 3.84. The number of hydrogen-bond donors (Lipinski definition) is 2. The molecule has 0 saturated carbocycles. The van der Waals surface area contributed by atoms with Gasteiger partial charge in [-0.25, -0.2) is 8.42 Å². The lowest BCUT2D eigenvalue weighted by Gasteiger charge is -2.09. The summed E-state index contributed by atoms with van der Waals surface area (Å²) in [5, 5.41) is 9.49. The van der Waals surface area contributed by atoms with E-state index in [1.165, 1.54) is 30.3 Å². The third kappa shape index (κ3) is 3.02. The SMILES string of the molecule is N#Cc1cc(N)ccc1S(=O)(=O)Nc1ccc(Cl)cc1. The number of sulfonamides is 1. The predicted molar refractivity (Wildman–Crippen MR) is 77.8 cm³/mol. The standard InChI is InChI=1S/C13H10ClN3O2S/c14-10-1-4-12(5-2-10)17-20(18,19)13-6-3-11(16)7-9(13)8-15/h1-7,17H,16H2. The Bertz CT molecular complexity index is 780. The minimum Gasteiger partial charge on any atom is -0.399 e. The topological polar surface area (TPSA) is 96.0 Å². The molecule has 20 heavy (non-hydrogen) atoms. The van der Waals surface area contributed by atoms with E-state index in [1.807, 2.05) is 6.07 Å². The highest BCUT2D eigenvalue weighted by Gasteiger charge is 2.18. The largest absolute Gasteiger partial charge is 0.399 e. The molecule has 0 saturated heterocycles. The van der Waals surface area contributed by atoms with Crippen LogP contribution in [0, 0.1) is 11.3 Å². The van der Waals surface area contributed by atoms with Crippen LogP contribution in [0.3, 0.4) is 0 Å². The predicted octanol–water partition coefficient (Wildman–Crippen LogP) is 2.59. The van der Waals surface area contributed by atoms with Crippen LogP contribution >= 0.6 is 11.6 Å². The molecule has 2 aromatic carbocycles. The summed E-state index contributed by atoms with van der Waals surface area (Å²) in [7, 11) is -3.86. The molecule has 0 aromatic heterocycles. The minimum absolute atomic E-state index is 0.00790. The molecule has 2 aromatic rings. The zero-order valence-corrected chi connectivity index (χ0v) is 11.7. The van der Waals surface area contributed by atoms with E-state index in [0.29, 0.717) is 16.4 Å². The Balaban J connectivity index is 2.41. The minimum atomic E-state index is -3.86. The van der Waals surface area contributed by atoms with E-state index >= 15 is 0 Å². The van der Waals surface area contributed by atoms with Crippen LogP contribution in [0.5, 0.6) is 0 Å². The molecular weight excluding hydrogens is 298 g/mol. The van der Waals surface area contributed by atoms with Crippen molar-refractivity contribution in [3.8, 4) is 6.07 Å². The summed E-state index contributed by atoms with van der Waals surface area (Å²) in [6, 6.07) is 12.0. The Morgan fingerprint density at radius 1 is 1.15 bits per heavy atom. The number of nitriles is 1. The lowest BCUT2D eigenvalue weighted by atomic mass is 10.2. The van der Waals surface area contributed by atoms with Crippen molar-refractivity contribution in [1.29, 1.82) is 5.26 Å². The number of nitrogens with zero attached hydrogens (tertiary/aromatic N) is 1. The molecule has 0 atom stereocenters. The number of halogens is 1. The van der Waals surface area contributed by atoms with Crippen LogP contribution in [0.4, 0.5) is 11.4 Å². The molecule has 102 valence electrons. The third-order valence-corrected chi connectivity index (χ3v) is 4.20. The maximum Gasteiger partial charge on any atom is 0.263 e. The molecule has 0 aliphatic rings. The number of hydrogen-bond acceptors (Lipinski definition) is 4. The number of nitrogen functional groups attached to an aromatic ring is 1. The Hall–Kier alpha value is -2.23. The average molecular weight is 308 g/mol. The fourth-order valence-corrected chi connectivity index (χ4v) is 2.92. The first-order valence-corrected chi connectivity index (χ1v) is 7.36. The molecule has 3 N–H and O–H groups in total. The molecule has 2 rings (SSSR count). The van der Waals surface area contributed by atoms with E-state index in [-0.39, 0.29) is 10.5 Å². The van der Waals surface area contributed by atoms with Gasteiger partial charge in [0.05, 0.1) is 5.56 Å². The number of rotatable bonds is 3. The van der Waals surface area contributed by atoms with Crippen LogP contribution in [0.1, 0.15) is 5.56 Å². The van der Waals surface area contributed by atoms with Gasteiger partial charge in [0.2, 0.25) is 0 Å².